The van der Waals surface area contributed by atoms with Gasteiger partial charge in [0.15, 0.2) is 0 Å². The summed E-state index contributed by atoms with van der Waals surface area (Å²) in [4.78, 5) is 6.28. The molecular formula is C10H12ClNOS. The highest BCUT2D eigenvalue weighted by Crippen LogP contribution is 2.37. The molecule has 0 radical (unpaired) electrons. The average molecular weight is 230 g/mol. The summed E-state index contributed by atoms with van der Waals surface area (Å²) >= 11 is 7.84. The van der Waals surface area contributed by atoms with E-state index in [2.05, 4.69) is 11.5 Å². The molecule has 1 aliphatic rings. The van der Waals surface area contributed by atoms with Gasteiger partial charge in [0.05, 0.1) is 13.2 Å². The fourth-order valence-corrected chi connectivity index (χ4v) is 2.92. The molecule has 0 bridgehead atoms. The first kappa shape index (κ1) is 10.3. The molecule has 0 saturated heterocycles. The Morgan fingerprint density at radius 3 is 3.21 bits per heavy atom. The zero-order chi connectivity index (χ0) is 9.97. The molecule has 0 saturated carbocycles. The highest BCUT2D eigenvalue weighted by molar-refractivity contribution is 7.99. The first-order valence-corrected chi connectivity index (χ1v) is 5.88. The van der Waals surface area contributed by atoms with E-state index in [-0.39, 0.29) is 6.04 Å². The number of benzene rings is 1. The lowest BCUT2D eigenvalue weighted by Gasteiger charge is -2.25. The molecule has 14 heavy (non-hydrogen) atoms. The first-order valence-electron chi connectivity index (χ1n) is 4.52. The van der Waals surface area contributed by atoms with Gasteiger partial charge in [-0.05, 0) is 35.9 Å². The Balaban J connectivity index is 2.32. The Morgan fingerprint density at radius 1 is 1.57 bits per heavy atom. The molecule has 4 heteroatoms. The second-order valence-electron chi connectivity index (χ2n) is 3.19. The van der Waals surface area contributed by atoms with Gasteiger partial charge < -0.3 is 4.84 Å². The van der Waals surface area contributed by atoms with Crippen molar-refractivity contribution in [1.82, 2.24) is 5.48 Å². The van der Waals surface area contributed by atoms with Crippen molar-refractivity contribution in [2.75, 3.05) is 12.9 Å². The van der Waals surface area contributed by atoms with Crippen molar-refractivity contribution in [3.05, 3.63) is 28.8 Å². The van der Waals surface area contributed by atoms with Gasteiger partial charge in [-0.2, -0.15) is 5.48 Å². The van der Waals surface area contributed by atoms with Crippen LogP contribution in [0.4, 0.5) is 0 Å². The molecule has 0 aliphatic carbocycles. The number of hydrogen-bond acceptors (Lipinski definition) is 3. The molecule has 0 amide bonds. The topological polar surface area (TPSA) is 21.3 Å². The lowest BCUT2D eigenvalue weighted by atomic mass is 10.1. The molecule has 1 aromatic carbocycles. The van der Waals surface area contributed by atoms with E-state index in [9.17, 15) is 0 Å². The molecule has 1 N–H and O–H groups in total. The van der Waals surface area contributed by atoms with Gasteiger partial charge in [0.25, 0.3) is 0 Å². The Hall–Kier alpha value is -0.220. The smallest absolute Gasteiger partial charge is 0.0590 e. The maximum absolute atomic E-state index is 5.96. The van der Waals surface area contributed by atoms with Gasteiger partial charge in [0.1, 0.15) is 0 Å². The summed E-state index contributed by atoms with van der Waals surface area (Å²) in [6.07, 6.45) is 1.08. The number of rotatable bonds is 2. The van der Waals surface area contributed by atoms with Crippen LogP contribution in [0.3, 0.4) is 0 Å². The van der Waals surface area contributed by atoms with E-state index in [1.165, 1.54) is 10.5 Å². The van der Waals surface area contributed by atoms with Crippen molar-refractivity contribution in [1.29, 1.82) is 0 Å². The maximum atomic E-state index is 5.96. The maximum Gasteiger partial charge on any atom is 0.0590 e. The summed E-state index contributed by atoms with van der Waals surface area (Å²) in [5.41, 5.74) is 4.24. The summed E-state index contributed by atoms with van der Waals surface area (Å²) in [7, 11) is 1.64. The van der Waals surface area contributed by atoms with Crippen LogP contribution in [0.5, 0.6) is 0 Å². The Labute approximate surface area is 92.9 Å². The number of fused-ring (bicyclic) bond motifs is 1. The molecule has 0 aromatic heterocycles. The molecule has 0 spiro atoms. The van der Waals surface area contributed by atoms with Gasteiger partial charge in [0.2, 0.25) is 0 Å². The third-order valence-corrected chi connectivity index (χ3v) is 3.63. The molecule has 1 aliphatic heterocycles. The van der Waals surface area contributed by atoms with Crippen LogP contribution in [0.15, 0.2) is 23.1 Å². The zero-order valence-corrected chi connectivity index (χ0v) is 9.49. The highest BCUT2D eigenvalue weighted by Gasteiger charge is 2.20. The molecule has 76 valence electrons. The van der Waals surface area contributed by atoms with Crippen LogP contribution >= 0.6 is 23.4 Å². The Kier molecular flexibility index (Phi) is 3.34. The molecule has 0 fully saturated rings. The van der Waals surface area contributed by atoms with Crippen LogP contribution in [-0.4, -0.2) is 12.9 Å². The predicted molar refractivity (Wildman–Crippen MR) is 59.7 cm³/mol. The summed E-state index contributed by atoms with van der Waals surface area (Å²) in [6.45, 7) is 0. The molecule has 1 unspecified atom stereocenters. The van der Waals surface area contributed by atoms with E-state index >= 15 is 0 Å². The Morgan fingerprint density at radius 2 is 2.43 bits per heavy atom. The van der Waals surface area contributed by atoms with E-state index < -0.39 is 0 Å². The van der Waals surface area contributed by atoms with Crippen LogP contribution in [0.2, 0.25) is 5.02 Å². The van der Waals surface area contributed by atoms with Gasteiger partial charge in [0, 0.05) is 9.92 Å². The van der Waals surface area contributed by atoms with Gasteiger partial charge >= 0.3 is 0 Å². The van der Waals surface area contributed by atoms with Crippen molar-refractivity contribution in [2.45, 2.75) is 17.4 Å². The monoisotopic (exact) mass is 229 g/mol. The zero-order valence-electron chi connectivity index (χ0n) is 7.92. The summed E-state index contributed by atoms with van der Waals surface area (Å²) in [5.74, 6) is 1.12. The van der Waals surface area contributed by atoms with Crippen molar-refractivity contribution in [2.24, 2.45) is 0 Å². The van der Waals surface area contributed by atoms with Crippen molar-refractivity contribution < 1.29 is 4.84 Å². The van der Waals surface area contributed by atoms with E-state index in [1.54, 1.807) is 7.11 Å². The van der Waals surface area contributed by atoms with Crippen LogP contribution < -0.4 is 5.48 Å². The molecular weight excluding hydrogens is 218 g/mol. The van der Waals surface area contributed by atoms with Crippen molar-refractivity contribution in [3.63, 3.8) is 0 Å². The van der Waals surface area contributed by atoms with Gasteiger partial charge in [-0.1, -0.05) is 11.6 Å². The molecule has 1 heterocycles. The Bertz CT molecular complexity index is 332. The third-order valence-electron chi connectivity index (χ3n) is 2.27. The second-order valence-corrected chi connectivity index (χ2v) is 4.77. The van der Waals surface area contributed by atoms with E-state index in [0.29, 0.717) is 0 Å². The van der Waals surface area contributed by atoms with Crippen LogP contribution in [0.1, 0.15) is 18.0 Å². The number of hydroxylamine groups is 1. The fourth-order valence-electron chi connectivity index (χ4n) is 1.63. The first-order chi connectivity index (χ1) is 6.81. The van der Waals surface area contributed by atoms with Crippen LogP contribution in [0.25, 0.3) is 0 Å². The van der Waals surface area contributed by atoms with E-state index in [1.807, 2.05) is 23.9 Å². The standard InChI is InChI=1S/C10H12ClNOS/c1-13-12-9-4-5-14-10-3-2-7(11)6-8(9)10/h2-3,6,9,12H,4-5H2,1H3. The van der Waals surface area contributed by atoms with Crippen LogP contribution in [-0.2, 0) is 4.84 Å². The lowest BCUT2D eigenvalue weighted by molar-refractivity contribution is 0.0583. The van der Waals surface area contributed by atoms with Crippen LogP contribution in [0, 0.1) is 0 Å². The quantitative estimate of drug-likeness (QED) is 0.788. The normalized spacial score (nSPS) is 20.6. The minimum absolute atomic E-state index is 0.273. The summed E-state index contributed by atoms with van der Waals surface area (Å²) < 4.78 is 0. The number of thioether (sulfide) groups is 1. The molecule has 2 nitrogen and oxygen atoms in total. The third kappa shape index (κ3) is 2.06. The van der Waals surface area contributed by atoms with E-state index in [0.717, 1.165) is 17.2 Å². The highest BCUT2D eigenvalue weighted by atomic mass is 35.5. The number of nitrogens with one attached hydrogen (secondary N) is 1. The second kappa shape index (κ2) is 4.53. The van der Waals surface area contributed by atoms with E-state index in [4.69, 9.17) is 16.4 Å². The van der Waals surface area contributed by atoms with Gasteiger partial charge in [-0.25, -0.2) is 0 Å². The number of halogens is 1. The number of hydrogen-bond donors (Lipinski definition) is 1. The van der Waals surface area contributed by atoms with Crippen molar-refractivity contribution in [3.8, 4) is 0 Å². The van der Waals surface area contributed by atoms with Gasteiger partial charge in [-0.3, -0.25) is 0 Å². The minimum Gasteiger partial charge on any atom is -0.305 e. The minimum atomic E-state index is 0.273. The molecule has 1 atom stereocenters. The van der Waals surface area contributed by atoms with Gasteiger partial charge in [-0.15, -0.1) is 11.8 Å². The predicted octanol–water partition coefficient (Wildman–Crippen LogP) is 3.03. The molecule has 2 rings (SSSR count). The molecule has 1 aromatic rings. The SMILES string of the molecule is CONC1CCSc2ccc(Cl)cc21. The van der Waals surface area contributed by atoms with Crippen molar-refractivity contribution >= 4 is 23.4 Å². The summed E-state index contributed by atoms with van der Waals surface area (Å²) in [6, 6.07) is 6.30. The summed E-state index contributed by atoms with van der Waals surface area (Å²) in [5, 5.41) is 0.786. The lowest BCUT2D eigenvalue weighted by Crippen LogP contribution is -2.23. The largest absolute Gasteiger partial charge is 0.305 e. The average Bonchev–Trinajstić information content (AvgIpc) is 2.19. The fraction of sp³-hybridized carbons (Fsp3) is 0.400.